The van der Waals surface area contributed by atoms with Crippen LogP contribution in [0, 0.1) is 11.3 Å². The molecule has 0 unspecified atom stereocenters. The van der Waals surface area contributed by atoms with Crippen molar-refractivity contribution in [1.29, 1.82) is 5.26 Å². The quantitative estimate of drug-likeness (QED) is 0.407. The molecule has 2 aromatic heterocycles. The molecule has 0 aliphatic rings. The Morgan fingerprint density at radius 3 is 2.39 bits per heavy atom. The molecule has 38 heavy (non-hydrogen) atoms. The number of anilines is 2. The molecule has 0 saturated carbocycles. The molecule has 14 heteroatoms. The largest absolute Gasteiger partial charge is 0.405 e. The van der Waals surface area contributed by atoms with Crippen molar-refractivity contribution < 1.29 is 22.8 Å². The molecule has 2 amide bonds. The summed E-state index contributed by atoms with van der Waals surface area (Å²) >= 11 is 0.779. The fourth-order valence-electron chi connectivity index (χ4n) is 3.49. The second kappa shape index (κ2) is 13.2. The molecule has 3 N–H and O–H groups in total. The van der Waals surface area contributed by atoms with Gasteiger partial charge in [-0.3, -0.25) is 23.9 Å². The molecule has 206 valence electrons. The van der Waals surface area contributed by atoms with Gasteiger partial charge in [-0.25, -0.2) is 4.98 Å². The first-order valence-electron chi connectivity index (χ1n) is 11.8. The molecular formula is C24H30F3N7O3S. The number of carbonyl (C=O) groups excluding carboxylic acids is 2. The number of halogens is 3. The van der Waals surface area contributed by atoms with E-state index in [4.69, 9.17) is 0 Å². The zero-order chi connectivity index (χ0) is 28.6. The molecule has 0 radical (unpaired) electrons. The van der Waals surface area contributed by atoms with Crippen LogP contribution in [0.4, 0.5) is 24.8 Å². The number of hydrogen-bond acceptors (Lipinski definition) is 8. The highest BCUT2D eigenvalue weighted by molar-refractivity contribution is 7.07. The van der Waals surface area contributed by atoms with Gasteiger partial charge in [-0.1, -0.05) is 6.07 Å². The number of thiazole rings is 1. The third-order valence-corrected chi connectivity index (χ3v) is 6.38. The Morgan fingerprint density at radius 2 is 1.84 bits per heavy atom. The first-order valence-corrected chi connectivity index (χ1v) is 12.6. The van der Waals surface area contributed by atoms with Gasteiger partial charge in [0.15, 0.2) is 5.57 Å². The second-order valence-electron chi connectivity index (χ2n) is 8.71. The summed E-state index contributed by atoms with van der Waals surface area (Å²) in [5.41, 5.74) is -1.14. The Kier molecular flexibility index (Phi) is 10.6. The minimum Gasteiger partial charge on any atom is -0.345 e. The number of pyridine rings is 1. The minimum absolute atomic E-state index is 0.0680. The van der Waals surface area contributed by atoms with Gasteiger partial charge in [-0.2, -0.15) is 18.4 Å². The molecule has 0 spiro atoms. The van der Waals surface area contributed by atoms with Crippen LogP contribution in [-0.2, 0) is 16.1 Å². The number of aromatic nitrogens is 2. The van der Waals surface area contributed by atoms with Crippen molar-refractivity contribution in [2.75, 3.05) is 23.7 Å². The summed E-state index contributed by atoms with van der Waals surface area (Å²) in [5, 5.41) is 16.6. The average molecular weight is 554 g/mol. The number of nitrogens with one attached hydrogen (secondary N) is 3. The lowest BCUT2D eigenvalue weighted by atomic mass is 10.2. The van der Waals surface area contributed by atoms with Crippen LogP contribution in [-0.4, -0.2) is 57.6 Å². The van der Waals surface area contributed by atoms with Gasteiger partial charge in [0.25, 0.3) is 11.5 Å². The highest BCUT2D eigenvalue weighted by Crippen LogP contribution is 2.13. The van der Waals surface area contributed by atoms with E-state index in [1.165, 1.54) is 6.20 Å². The van der Waals surface area contributed by atoms with Gasteiger partial charge < -0.3 is 16.0 Å². The van der Waals surface area contributed by atoms with Crippen LogP contribution in [0.2, 0.25) is 0 Å². The third kappa shape index (κ3) is 8.42. The van der Waals surface area contributed by atoms with Crippen molar-refractivity contribution in [3.05, 3.63) is 37.7 Å². The van der Waals surface area contributed by atoms with Crippen LogP contribution >= 0.6 is 11.3 Å². The van der Waals surface area contributed by atoms with E-state index in [1.807, 2.05) is 32.6 Å². The van der Waals surface area contributed by atoms with Gasteiger partial charge >= 0.3 is 6.18 Å². The maximum atomic E-state index is 12.8. The van der Waals surface area contributed by atoms with Crippen molar-refractivity contribution in [2.24, 2.45) is 0 Å². The smallest absolute Gasteiger partial charge is 0.345 e. The number of rotatable bonds is 10. The standard InChI is InChI=1S/C24H30F3N7O3S/c1-6-33-22(37)17(38-23(33)16(10-28)21(36)30-13-24(25,26)27)11-29-18-8-7-9-19(31-18)32-20(35)12-34(14(2)3)15(4)5/h7-9,11,14-15H,6,12-13H2,1-5H3,(H,30,36)(H2,29,31,32,35)/b17-11+,23-16-. The molecule has 0 atom stereocenters. The van der Waals surface area contributed by atoms with Crippen LogP contribution in [0.3, 0.4) is 0 Å². The van der Waals surface area contributed by atoms with Gasteiger partial charge in [0.05, 0.1) is 6.54 Å². The van der Waals surface area contributed by atoms with E-state index in [1.54, 1.807) is 36.5 Å². The zero-order valence-corrected chi connectivity index (χ0v) is 22.5. The highest BCUT2D eigenvalue weighted by atomic mass is 32.1. The molecule has 0 aliphatic heterocycles. The number of carbonyl (C=O) groups is 2. The molecule has 0 aliphatic carbocycles. The van der Waals surface area contributed by atoms with Crippen molar-refractivity contribution in [3.8, 4) is 6.07 Å². The second-order valence-corrected chi connectivity index (χ2v) is 9.74. The molecule has 2 heterocycles. The Balaban J connectivity index is 2.31. The number of amides is 2. The fourth-order valence-corrected chi connectivity index (χ4v) is 4.58. The number of alkyl halides is 3. The molecule has 0 aromatic carbocycles. The first-order chi connectivity index (χ1) is 17.8. The Labute approximate surface area is 221 Å². The Bertz CT molecular complexity index is 1370. The molecule has 0 saturated heterocycles. The topological polar surface area (TPSA) is 132 Å². The van der Waals surface area contributed by atoms with Gasteiger partial charge in [0, 0.05) is 24.8 Å². The lowest BCUT2D eigenvalue weighted by Gasteiger charge is -2.29. The summed E-state index contributed by atoms with van der Waals surface area (Å²) in [7, 11) is 0. The van der Waals surface area contributed by atoms with Gasteiger partial charge in [-0.15, -0.1) is 11.3 Å². The lowest BCUT2D eigenvalue weighted by Crippen LogP contribution is -2.42. The minimum atomic E-state index is -4.65. The summed E-state index contributed by atoms with van der Waals surface area (Å²) in [5.74, 6) is -0.873. The summed E-state index contributed by atoms with van der Waals surface area (Å²) in [4.78, 5) is 43.8. The van der Waals surface area contributed by atoms with E-state index in [-0.39, 0.29) is 40.3 Å². The van der Waals surface area contributed by atoms with Crippen LogP contribution in [0.5, 0.6) is 0 Å². The summed E-state index contributed by atoms with van der Waals surface area (Å²) in [6.07, 6.45) is -3.33. The molecule has 10 nitrogen and oxygen atoms in total. The maximum Gasteiger partial charge on any atom is 0.405 e. The predicted molar refractivity (Wildman–Crippen MR) is 140 cm³/mol. The Hall–Kier alpha value is -3.70. The zero-order valence-electron chi connectivity index (χ0n) is 21.6. The van der Waals surface area contributed by atoms with Crippen LogP contribution in [0.25, 0.3) is 11.8 Å². The lowest BCUT2D eigenvalue weighted by molar-refractivity contribution is -0.135. The molecule has 2 rings (SSSR count). The van der Waals surface area contributed by atoms with E-state index in [9.17, 15) is 32.8 Å². The molecule has 0 bridgehead atoms. The SMILES string of the molecule is CCn1c(=O)/c(=C\Nc2cccc(NC(=O)CN(C(C)C)C(C)C)n2)s/c1=C(/C#N)C(=O)NCC(F)(F)F. The van der Waals surface area contributed by atoms with Crippen LogP contribution < -0.4 is 30.7 Å². The van der Waals surface area contributed by atoms with E-state index >= 15 is 0 Å². The maximum absolute atomic E-state index is 12.8. The van der Waals surface area contributed by atoms with E-state index in [0.29, 0.717) is 11.6 Å². The summed E-state index contributed by atoms with van der Waals surface area (Å²) < 4.78 is 38.6. The average Bonchev–Trinajstić information content (AvgIpc) is 3.14. The summed E-state index contributed by atoms with van der Waals surface area (Å²) in [6.45, 7) is 8.27. The Morgan fingerprint density at radius 1 is 1.21 bits per heavy atom. The first kappa shape index (κ1) is 30.5. The summed E-state index contributed by atoms with van der Waals surface area (Å²) in [6, 6.07) is 6.81. The number of nitrogens with zero attached hydrogens (tertiary/aromatic N) is 4. The number of hydrogen-bond donors (Lipinski definition) is 3. The third-order valence-electron chi connectivity index (χ3n) is 5.25. The van der Waals surface area contributed by atoms with Gasteiger partial charge in [0.2, 0.25) is 5.91 Å². The van der Waals surface area contributed by atoms with E-state index in [0.717, 1.165) is 15.9 Å². The normalized spacial score (nSPS) is 13.1. The molecule has 2 aromatic rings. The van der Waals surface area contributed by atoms with Gasteiger partial charge in [-0.05, 0) is 46.8 Å². The van der Waals surface area contributed by atoms with Crippen LogP contribution in [0.1, 0.15) is 34.6 Å². The monoisotopic (exact) mass is 553 g/mol. The van der Waals surface area contributed by atoms with Crippen molar-refractivity contribution in [2.45, 2.75) is 59.4 Å². The fraction of sp³-hybridized carbons (Fsp3) is 0.458. The molecular weight excluding hydrogens is 523 g/mol. The predicted octanol–water partition coefficient (Wildman–Crippen LogP) is 1.58. The highest BCUT2D eigenvalue weighted by Gasteiger charge is 2.29. The number of nitriles is 1. The van der Waals surface area contributed by atoms with Crippen molar-refractivity contribution >= 4 is 46.6 Å². The molecule has 0 fully saturated rings. The van der Waals surface area contributed by atoms with Crippen molar-refractivity contribution in [1.82, 2.24) is 19.8 Å². The van der Waals surface area contributed by atoms with E-state index in [2.05, 4.69) is 15.6 Å². The van der Waals surface area contributed by atoms with Gasteiger partial charge in [0.1, 0.15) is 33.4 Å². The van der Waals surface area contributed by atoms with Crippen LogP contribution in [0.15, 0.2) is 23.0 Å². The van der Waals surface area contributed by atoms with E-state index < -0.39 is 29.8 Å². The van der Waals surface area contributed by atoms with Crippen molar-refractivity contribution in [3.63, 3.8) is 0 Å².